The number of esters is 1. The summed E-state index contributed by atoms with van der Waals surface area (Å²) >= 11 is 5.89. The molecule has 144 valence electrons. The van der Waals surface area contributed by atoms with Gasteiger partial charge in [0.15, 0.2) is 6.61 Å². The van der Waals surface area contributed by atoms with Crippen LogP contribution in [0.25, 0.3) is 0 Å². The van der Waals surface area contributed by atoms with E-state index in [9.17, 15) is 18.0 Å². The van der Waals surface area contributed by atoms with Crippen molar-refractivity contribution in [3.8, 4) is 0 Å². The number of carbonyl (C=O) groups is 2. The van der Waals surface area contributed by atoms with Gasteiger partial charge in [-0.2, -0.15) is 0 Å². The zero-order valence-corrected chi connectivity index (χ0v) is 16.6. The van der Waals surface area contributed by atoms with Gasteiger partial charge in [0, 0.05) is 12.1 Å². The molecule has 26 heavy (non-hydrogen) atoms. The molecule has 0 bridgehead atoms. The Bertz CT molecular complexity index is 786. The quantitative estimate of drug-likeness (QED) is 0.762. The second-order valence-electron chi connectivity index (χ2n) is 6.36. The van der Waals surface area contributed by atoms with E-state index < -0.39 is 16.0 Å². The molecule has 1 N–H and O–H groups in total. The molecule has 1 fully saturated rings. The number of likely N-dealkylation sites (tertiary alicyclic amines) is 1. The summed E-state index contributed by atoms with van der Waals surface area (Å²) in [6.07, 6.45) is 2.91. The molecule has 2 atom stereocenters. The van der Waals surface area contributed by atoms with Gasteiger partial charge in [0.2, 0.25) is 10.0 Å². The molecular weight excluding hydrogens is 380 g/mol. The van der Waals surface area contributed by atoms with Crippen LogP contribution in [0.4, 0.5) is 0 Å². The maximum Gasteiger partial charge on any atom is 0.338 e. The smallest absolute Gasteiger partial charge is 0.338 e. The largest absolute Gasteiger partial charge is 0.452 e. The molecule has 1 aliphatic heterocycles. The predicted molar refractivity (Wildman–Crippen MR) is 97.6 cm³/mol. The lowest BCUT2D eigenvalue weighted by atomic mass is 9.97. The Morgan fingerprint density at radius 1 is 1.27 bits per heavy atom. The molecule has 1 aromatic rings. The molecule has 1 heterocycles. The predicted octanol–water partition coefficient (Wildman–Crippen LogP) is 2.19. The van der Waals surface area contributed by atoms with Crippen LogP contribution in [0.2, 0.25) is 5.02 Å². The van der Waals surface area contributed by atoms with Gasteiger partial charge in [-0.15, -0.1) is 0 Å². The Hall–Kier alpha value is -1.64. The Balaban J connectivity index is 2.08. The molecule has 1 saturated heterocycles. The highest BCUT2D eigenvalue weighted by atomic mass is 35.5. The minimum absolute atomic E-state index is 0.00997. The highest BCUT2D eigenvalue weighted by Crippen LogP contribution is 2.24. The van der Waals surface area contributed by atoms with E-state index in [2.05, 4.69) is 4.72 Å². The average molecular weight is 403 g/mol. The summed E-state index contributed by atoms with van der Waals surface area (Å²) in [7, 11) is -2.57. The van der Waals surface area contributed by atoms with Crippen LogP contribution >= 0.6 is 11.6 Å². The summed E-state index contributed by atoms with van der Waals surface area (Å²) in [5.74, 6) is -1.03. The van der Waals surface area contributed by atoms with E-state index >= 15 is 0 Å². The highest BCUT2D eigenvalue weighted by molar-refractivity contribution is 7.89. The van der Waals surface area contributed by atoms with Crippen LogP contribution in [0, 0.1) is 0 Å². The third-order valence-corrected chi connectivity index (χ3v) is 6.43. The van der Waals surface area contributed by atoms with Gasteiger partial charge < -0.3 is 9.64 Å². The number of hydrogen-bond donors (Lipinski definition) is 1. The molecule has 1 amide bonds. The maximum atomic E-state index is 12.4. The first kappa shape index (κ1) is 20.7. The number of rotatable bonds is 5. The standard InChI is InChI=1S/C17H23ClN2O5S/c1-11-5-4-6-12(2)20(11)16(21)10-25-17(22)13-7-8-14(18)15(9-13)26(23,24)19-3/h7-9,11-12,19H,4-6,10H2,1-3H3/t11-,12-/m0/s1. The molecule has 1 aliphatic rings. The number of nitrogens with one attached hydrogen (secondary N) is 1. The van der Waals surface area contributed by atoms with E-state index in [1.165, 1.54) is 19.2 Å². The van der Waals surface area contributed by atoms with Crippen molar-refractivity contribution in [2.45, 2.75) is 50.1 Å². The van der Waals surface area contributed by atoms with E-state index in [0.717, 1.165) is 25.3 Å². The number of halogens is 1. The summed E-state index contributed by atoms with van der Waals surface area (Å²) in [5, 5.41) is -0.0112. The summed E-state index contributed by atoms with van der Waals surface area (Å²) in [5.41, 5.74) is 0.00997. The van der Waals surface area contributed by atoms with Crippen molar-refractivity contribution in [1.29, 1.82) is 0 Å². The molecule has 0 aliphatic carbocycles. The molecule has 0 saturated carbocycles. The highest BCUT2D eigenvalue weighted by Gasteiger charge is 2.29. The first-order chi connectivity index (χ1) is 12.2. The van der Waals surface area contributed by atoms with Gasteiger partial charge in [-0.3, -0.25) is 4.79 Å². The minimum atomic E-state index is -3.81. The van der Waals surface area contributed by atoms with Crippen LogP contribution in [0.1, 0.15) is 43.5 Å². The fraction of sp³-hybridized carbons (Fsp3) is 0.529. The lowest BCUT2D eigenvalue weighted by molar-refractivity contribution is -0.140. The third-order valence-electron chi connectivity index (χ3n) is 4.53. The first-order valence-corrected chi connectivity index (χ1v) is 10.2. The summed E-state index contributed by atoms with van der Waals surface area (Å²) < 4.78 is 31.1. The maximum absolute atomic E-state index is 12.4. The molecule has 2 rings (SSSR count). The molecule has 1 aromatic carbocycles. The Morgan fingerprint density at radius 2 is 1.88 bits per heavy atom. The van der Waals surface area contributed by atoms with Crippen molar-refractivity contribution in [3.63, 3.8) is 0 Å². The van der Waals surface area contributed by atoms with Crippen molar-refractivity contribution in [3.05, 3.63) is 28.8 Å². The normalized spacial score (nSPS) is 20.7. The van der Waals surface area contributed by atoms with E-state index in [0.29, 0.717) is 0 Å². The second kappa shape index (κ2) is 8.37. The van der Waals surface area contributed by atoms with Crippen molar-refractivity contribution < 1.29 is 22.7 Å². The third kappa shape index (κ3) is 4.55. The lowest BCUT2D eigenvalue weighted by Crippen LogP contribution is -2.49. The van der Waals surface area contributed by atoms with E-state index in [4.69, 9.17) is 16.3 Å². The number of hydrogen-bond acceptors (Lipinski definition) is 5. The molecule has 7 nitrogen and oxygen atoms in total. The van der Waals surface area contributed by atoms with Crippen LogP contribution in [0.3, 0.4) is 0 Å². The molecule has 0 spiro atoms. The Kier molecular flexibility index (Phi) is 6.65. The van der Waals surface area contributed by atoms with E-state index in [-0.39, 0.29) is 40.1 Å². The van der Waals surface area contributed by atoms with Gasteiger partial charge in [-0.25, -0.2) is 17.9 Å². The minimum Gasteiger partial charge on any atom is -0.452 e. The number of piperidine rings is 1. The van der Waals surface area contributed by atoms with E-state index in [1.54, 1.807) is 4.90 Å². The van der Waals surface area contributed by atoms with Gasteiger partial charge in [0.25, 0.3) is 5.91 Å². The first-order valence-electron chi connectivity index (χ1n) is 8.38. The van der Waals surface area contributed by atoms with Crippen LogP contribution in [0.15, 0.2) is 23.1 Å². The Morgan fingerprint density at radius 3 is 2.46 bits per heavy atom. The second-order valence-corrected chi connectivity index (χ2v) is 8.62. The fourth-order valence-corrected chi connectivity index (χ4v) is 4.39. The zero-order chi connectivity index (χ0) is 19.5. The van der Waals surface area contributed by atoms with Gasteiger partial charge in [0.05, 0.1) is 10.6 Å². The SMILES string of the molecule is CNS(=O)(=O)c1cc(C(=O)OCC(=O)N2[C@@H](C)CCC[C@@H]2C)ccc1Cl. The van der Waals surface area contributed by atoms with Gasteiger partial charge in [0.1, 0.15) is 4.90 Å². The summed E-state index contributed by atoms with van der Waals surface area (Å²) in [6.45, 7) is 3.57. The number of sulfonamides is 1. The van der Waals surface area contributed by atoms with Crippen molar-refractivity contribution >= 4 is 33.5 Å². The molecule has 0 radical (unpaired) electrons. The van der Waals surface area contributed by atoms with Crippen molar-refractivity contribution in [1.82, 2.24) is 9.62 Å². The van der Waals surface area contributed by atoms with Crippen molar-refractivity contribution in [2.24, 2.45) is 0 Å². The zero-order valence-electron chi connectivity index (χ0n) is 15.0. The fourth-order valence-electron chi connectivity index (χ4n) is 3.14. The van der Waals surface area contributed by atoms with E-state index in [1.807, 2.05) is 13.8 Å². The Labute approximate surface area is 158 Å². The number of nitrogens with zero attached hydrogens (tertiary/aromatic N) is 1. The lowest BCUT2D eigenvalue weighted by Gasteiger charge is -2.38. The van der Waals surface area contributed by atoms with Gasteiger partial charge in [-0.1, -0.05) is 11.6 Å². The molecule has 0 aromatic heterocycles. The number of amides is 1. The number of carbonyl (C=O) groups excluding carboxylic acids is 2. The van der Waals surface area contributed by atoms with Crippen LogP contribution in [-0.2, 0) is 19.6 Å². The molecule has 9 heteroatoms. The molecular formula is C17H23ClN2O5S. The monoisotopic (exact) mass is 402 g/mol. The van der Waals surface area contributed by atoms with Crippen LogP contribution in [-0.4, -0.2) is 50.9 Å². The van der Waals surface area contributed by atoms with Gasteiger partial charge in [-0.05, 0) is 58.4 Å². The summed E-state index contributed by atoms with van der Waals surface area (Å²) in [6, 6.07) is 4.00. The van der Waals surface area contributed by atoms with Crippen LogP contribution in [0.5, 0.6) is 0 Å². The van der Waals surface area contributed by atoms with Crippen LogP contribution < -0.4 is 4.72 Å². The van der Waals surface area contributed by atoms with Crippen molar-refractivity contribution in [2.75, 3.05) is 13.7 Å². The average Bonchev–Trinajstić information content (AvgIpc) is 2.59. The number of ether oxygens (including phenoxy) is 1. The van der Waals surface area contributed by atoms with Gasteiger partial charge >= 0.3 is 5.97 Å². The topological polar surface area (TPSA) is 92.8 Å². The number of benzene rings is 1. The summed E-state index contributed by atoms with van der Waals surface area (Å²) in [4.78, 5) is 26.1. The molecule has 0 unspecified atom stereocenters.